The van der Waals surface area contributed by atoms with Crippen molar-refractivity contribution in [3.05, 3.63) is 92.7 Å². The number of hydrogen-bond donors (Lipinski definition) is 0. The molecule has 2 aliphatic rings. The van der Waals surface area contributed by atoms with Crippen molar-refractivity contribution in [1.82, 2.24) is 4.90 Å². The van der Waals surface area contributed by atoms with Gasteiger partial charge < -0.3 is 14.4 Å². The van der Waals surface area contributed by atoms with Crippen molar-refractivity contribution in [2.24, 2.45) is 0 Å². The Kier molecular flexibility index (Phi) is 6.74. The minimum Gasteiger partial charge on any atom is -0.478 e. The van der Waals surface area contributed by atoms with Crippen molar-refractivity contribution in [3.63, 3.8) is 0 Å². The van der Waals surface area contributed by atoms with Gasteiger partial charge in [-0.15, -0.1) is 0 Å². The molecule has 0 saturated carbocycles. The second-order valence-corrected chi connectivity index (χ2v) is 9.46. The number of rotatable bonds is 6. The molecule has 0 N–H and O–H groups in total. The van der Waals surface area contributed by atoms with Crippen LogP contribution in [0.25, 0.3) is 6.08 Å². The number of Topliss-reactive ketones (excluding diaryl/α,β-unsaturated/α-hetero) is 1. The number of allylic oxidation sites excluding steroid dienone is 1. The average molecular weight is 509 g/mol. The van der Waals surface area contributed by atoms with E-state index in [0.717, 1.165) is 41.2 Å². The Morgan fingerprint density at radius 3 is 2.51 bits per heavy atom. The summed E-state index contributed by atoms with van der Waals surface area (Å²) in [6, 6.07) is 17.3. The second-order valence-electron chi connectivity index (χ2n) is 8.62. The summed E-state index contributed by atoms with van der Waals surface area (Å²) in [6.45, 7) is 7.75. The van der Waals surface area contributed by atoms with Gasteiger partial charge in [0.25, 0.3) is 0 Å². The van der Waals surface area contributed by atoms with Crippen LogP contribution in [0.1, 0.15) is 40.9 Å². The van der Waals surface area contributed by atoms with E-state index >= 15 is 0 Å². The fourth-order valence-corrected chi connectivity index (χ4v) is 4.99. The van der Waals surface area contributed by atoms with Gasteiger partial charge in [0.05, 0.1) is 11.1 Å². The number of carbonyl (C=O) groups is 1. The Balaban J connectivity index is 1.37. The van der Waals surface area contributed by atoms with Crippen LogP contribution in [0.5, 0.6) is 11.5 Å². The maximum absolute atomic E-state index is 13.1. The van der Waals surface area contributed by atoms with E-state index in [9.17, 15) is 4.79 Å². The molecule has 0 atom stereocenters. The van der Waals surface area contributed by atoms with Crippen LogP contribution in [0.15, 0.2) is 60.4 Å². The summed E-state index contributed by atoms with van der Waals surface area (Å²) in [6.07, 6.45) is 1.80. The third-order valence-electron chi connectivity index (χ3n) is 6.41. The standard InChI is InChI=1S/C28H26Cl2N2O3/c1-3-32(4-2)21-9-5-18(6-10-21)13-26-27(33)22-11-12-25-23(28(22)35-26)16-31(17-34-25)15-19-7-8-20(29)14-24(19)30/h5-14H,3-4,15-17H2,1-2H3/b26-13-. The molecule has 0 bridgehead atoms. The highest BCUT2D eigenvalue weighted by atomic mass is 35.5. The van der Waals surface area contributed by atoms with Crippen LogP contribution in [0, 0.1) is 0 Å². The van der Waals surface area contributed by atoms with Crippen LogP contribution >= 0.6 is 23.2 Å². The summed E-state index contributed by atoms with van der Waals surface area (Å²) < 4.78 is 12.1. The molecule has 0 aromatic heterocycles. The molecule has 0 amide bonds. The van der Waals surface area contributed by atoms with Crippen LogP contribution in [0.3, 0.4) is 0 Å². The third-order valence-corrected chi connectivity index (χ3v) is 7.00. The van der Waals surface area contributed by atoms with E-state index in [1.165, 1.54) is 0 Å². The van der Waals surface area contributed by atoms with Gasteiger partial charge in [-0.05, 0) is 67.4 Å². The molecule has 3 aromatic carbocycles. The molecule has 5 nitrogen and oxygen atoms in total. The Labute approximate surface area is 215 Å². The molecule has 7 heteroatoms. The van der Waals surface area contributed by atoms with E-state index in [4.69, 9.17) is 32.7 Å². The molecular formula is C28H26Cl2N2O3. The molecule has 0 unspecified atom stereocenters. The molecule has 35 heavy (non-hydrogen) atoms. The minimum absolute atomic E-state index is 0.117. The van der Waals surface area contributed by atoms with E-state index in [-0.39, 0.29) is 5.78 Å². The highest BCUT2D eigenvalue weighted by Gasteiger charge is 2.33. The van der Waals surface area contributed by atoms with E-state index < -0.39 is 0 Å². The van der Waals surface area contributed by atoms with E-state index in [0.29, 0.717) is 46.9 Å². The zero-order valence-corrected chi connectivity index (χ0v) is 21.2. The summed E-state index contributed by atoms with van der Waals surface area (Å²) in [5.41, 5.74) is 4.46. The number of ether oxygens (including phenoxy) is 2. The largest absolute Gasteiger partial charge is 0.478 e. The summed E-state index contributed by atoms with van der Waals surface area (Å²) in [7, 11) is 0. The molecule has 0 aliphatic carbocycles. The van der Waals surface area contributed by atoms with Crippen LogP contribution < -0.4 is 14.4 Å². The number of fused-ring (bicyclic) bond motifs is 3. The van der Waals surface area contributed by atoms with E-state index in [1.807, 2.05) is 30.3 Å². The zero-order valence-electron chi connectivity index (χ0n) is 19.7. The fraction of sp³-hybridized carbons (Fsp3) is 0.250. The quantitative estimate of drug-likeness (QED) is 0.342. The Hall–Kier alpha value is -2.99. The predicted octanol–water partition coefficient (Wildman–Crippen LogP) is 6.81. The normalized spacial score (nSPS) is 16.0. The highest BCUT2D eigenvalue weighted by molar-refractivity contribution is 6.35. The SMILES string of the molecule is CCN(CC)c1ccc(/C=C2\Oc3c(ccc4c3CN(Cc3ccc(Cl)cc3Cl)CO4)C2=O)cc1. The number of ketones is 1. The number of halogens is 2. The first-order valence-corrected chi connectivity index (χ1v) is 12.5. The first-order valence-electron chi connectivity index (χ1n) is 11.7. The summed E-state index contributed by atoms with van der Waals surface area (Å²) in [5, 5.41) is 1.22. The maximum atomic E-state index is 13.1. The number of benzene rings is 3. The van der Waals surface area contributed by atoms with Crippen molar-refractivity contribution in [1.29, 1.82) is 0 Å². The monoisotopic (exact) mass is 508 g/mol. The van der Waals surface area contributed by atoms with Crippen molar-refractivity contribution >= 4 is 40.7 Å². The van der Waals surface area contributed by atoms with Gasteiger partial charge in [-0.25, -0.2) is 0 Å². The molecule has 0 fully saturated rings. The van der Waals surface area contributed by atoms with Gasteiger partial charge in [0.15, 0.2) is 5.76 Å². The molecule has 2 heterocycles. The summed E-state index contributed by atoms with van der Waals surface area (Å²) in [5.74, 6) is 1.51. The van der Waals surface area contributed by atoms with Crippen molar-refractivity contribution < 1.29 is 14.3 Å². The maximum Gasteiger partial charge on any atom is 0.231 e. The van der Waals surface area contributed by atoms with Gasteiger partial charge in [-0.1, -0.05) is 41.4 Å². The molecule has 0 radical (unpaired) electrons. The highest BCUT2D eigenvalue weighted by Crippen LogP contribution is 2.42. The molecule has 0 saturated heterocycles. The van der Waals surface area contributed by atoms with Gasteiger partial charge >= 0.3 is 0 Å². The number of carbonyl (C=O) groups excluding carboxylic acids is 1. The van der Waals surface area contributed by atoms with Crippen LogP contribution in [-0.4, -0.2) is 30.5 Å². The first kappa shape index (κ1) is 23.7. The lowest BCUT2D eigenvalue weighted by atomic mass is 10.0. The zero-order chi connectivity index (χ0) is 24.5. The number of hydrogen-bond acceptors (Lipinski definition) is 5. The van der Waals surface area contributed by atoms with E-state index in [1.54, 1.807) is 18.2 Å². The fourth-order valence-electron chi connectivity index (χ4n) is 4.52. The lowest BCUT2D eigenvalue weighted by Gasteiger charge is -2.30. The lowest BCUT2D eigenvalue weighted by Crippen LogP contribution is -2.31. The van der Waals surface area contributed by atoms with Crippen LogP contribution in [0.4, 0.5) is 5.69 Å². The Bertz CT molecular complexity index is 1300. The van der Waals surface area contributed by atoms with Crippen LogP contribution in [-0.2, 0) is 13.1 Å². The predicted molar refractivity (Wildman–Crippen MR) is 141 cm³/mol. The van der Waals surface area contributed by atoms with Gasteiger partial charge in [-0.2, -0.15) is 0 Å². The van der Waals surface area contributed by atoms with Crippen molar-refractivity contribution in [2.45, 2.75) is 26.9 Å². The van der Waals surface area contributed by atoms with Gasteiger partial charge in [0.2, 0.25) is 5.78 Å². The molecule has 2 aliphatic heterocycles. The molecule has 3 aromatic rings. The summed E-state index contributed by atoms with van der Waals surface area (Å²) >= 11 is 12.4. The van der Waals surface area contributed by atoms with Gasteiger partial charge in [-0.3, -0.25) is 9.69 Å². The Morgan fingerprint density at radius 2 is 1.80 bits per heavy atom. The smallest absolute Gasteiger partial charge is 0.231 e. The van der Waals surface area contributed by atoms with Crippen molar-refractivity contribution in [3.8, 4) is 11.5 Å². The Morgan fingerprint density at radius 1 is 1.03 bits per heavy atom. The third kappa shape index (κ3) is 4.76. The molecule has 5 rings (SSSR count). The molecule has 180 valence electrons. The van der Waals surface area contributed by atoms with Crippen molar-refractivity contribution in [2.75, 3.05) is 24.7 Å². The average Bonchev–Trinajstić information content (AvgIpc) is 3.18. The first-order chi connectivity index (χ1) is 17.0. The molecule has 0 spiro atoms. The number of anilines is 1. The number of nitrogens with zero attached hydrogens (tertiary/aromatic N) is 2. The van der Waals surface area contributed by atoms with Gasteiger partial charge in [0, 0.05) is 41.9 Å². The minimum atomic E-state index is -0.117. The topological polar surface area (TPSA) is 42.0 Å². The lowest BCUT2D eigenvalue weighted by molar-refractivity contribution is 0.0873. The van der Waals surface area contributed by atoms with E-state index in [2.05, 4.69) is 35.8 Å². The van der Waals surface area contributed by atoms with Gasteiger partial charge in [0.1, 0.15) is 18.2 Å². The second kappa shape index (κ2) is 9.94. The summed E-state index contributed by atoms with van der Waals surface area (Å²) in [4.78, 5) is 17.5. The molecular weight excluding hydrogens is 483 g/mol. The van der Waals surface area contributed by atoms with Crippen LogP contribution in [0.2, 0.25) is 10.0 Å².